The van der Waals surface area contributed by atoms with Crippen LogP contribution in [0.3, 0.4) is 0 Å². The SMILES string of the molecule is CC(C)(C)[Si](C)(C)OC[C@H]1O[C@@H](n2ccc(=O)n([N+](=O)[O-])c2=O)[C@@H]2OS(=O)O[C@@H]21. The highest BCUT2D eigenvalue weighted by Crippen LogP contribution is 2.41. The standard InChI is InChI=1S/C15H23N3O9SSi/c1-15(2,3)29(4,5)24-8-9-11-12(27-28(23)26-11)13(25-9)16-7-6-10(19)17(14(16)20)18(21)22/h6-7,9,11-13H,8H2,1-5H3/t9-,11-,12-,13-,28?/m1/s1. The van der Waals surface area contributed by atoms with Crippen LogP contribution in [-0.2, 0) is 28.9 Å². The number of nitrogens with zero attached hydrogens (tertiary/aromatic N) is 3. The summed E-state index contributed by atoms with van der Waals surface area (Å²) in [6, 6.07) is 0.870. The molecular formula is C15H23N3O9SSi. The second-order valence-corrected chi connectivity index (χ2v) is 14.0. The van der Waals surface area contributed by atoms with E-state index >= 15 is 0 Å². The molecule has 0 bridgehead atoms. The molecule has 2 saturated heterocycles. The van der Waals surface area contributed by atoms with Crippen LogP contribution >= 0.6 is 0 Å². The highest BCUT2D eigenvalue weighted by Gasteiger charge is 2.55. The third kappa shape index (κ3) is 4.00. The molecule has 2 aliphatic rings. The van der Waals surface area contributed by atoms with Crippen molar-refractivity contribution in [3.63, 3.8) is 0 Å². The summed E-state index contributed by atoms with van der Waals surface area (Å²) in [5.41, 5.74) is -2.30. The summed E-state index contributed by atoms with van der Waals surface area (Å²) in [7, 11) is -2.13. The summed E-state index contributed by atoms with van der Waals surface area (Å²) < 4.78 is 35.0. The number of nitro groups is 1. The van der Waals surface area contributed by atoms with Crippen molar-refractivity contribution >= 4 is 19.7 Å². The lowest BCUT2D eigenvalue weighted by atomic mass is 10.1. The van der Waals surface area contributed by atoms with Crippen molar-refractivity contribution in [3.05, 3.63) is 43.2 Å². The van der Waals surface area contributed by atoms with Crippen LogP contribution in [0.25, 0.3) is 0 Å². The summed E-state index contributed by atoms with van der Waals surface area (Å²) in [5, 5.41) is 9.88. The summed E-state index contributed by atoms with van der Waals surface area (Å²) in [6.07, 6.45) is -2.56. The van der Waals surface area contributed by atoms with E-state index in [-0.39, 0.29) is 16.3 Å². The summed E-state index contributed by atoms with van der Waals surface area (Å²) >= 11 is -2.06. The monoisotopic (exact) mass is 449 g/mol. The molecule has 12 nitrogen and oxygen atoms in total. The molecule has 162 valence electrons. The molecule has 29 heavy (non-hydrogen) atoms. The molecule has 1 unspecified atom stereocenters. The maximum Gasteiger partial charge on any atom is 0.394 e. The smallest absolute Gasteiger partial charge is 0.394 e. The van der Waals surface area contributed by atoms with E-state index in [0.29, 0.717) is 0 Å². The first-order chi connectivity index (χ1) is 13.3. The van der Waals surface area contributed by atoms with Crippen LogP contribution in [0, 0.1) is 10.1 Å². The molecule has 1 aromatic rings. The Morgan fingerprint density at radius 2 is 1.90 bits per heavy atom. The average Bonchev–Trinajstić information content (AvgIpc) is 3.10. The zero-order valence-electron chi connectivity index (χ0n) is 16.6. The lowest BCUT2D eigenvalue weighted by Gasteiger charge is -2.37. The zero-order valence-corrected chi connectivity index (χ0v) is 18.4. The van der Waals surface area contributed by atoms with Gasteiger partial charge in [-0.05, 0) is 18.1 Å². The van der Waals surface area contributed by atoms with E-state index < -0.39 is 60.5 Å². The summed E-state index contributed by atoms with van der Waals surface area (Å²) in [5.74, 6) is 0. The zero-order chi connectivity index (χ0) is 21.7. The van der Waals surface area contributed by atoms with Crippen molar-refractivity contribution in [1.82, 2.24) is 9.24 Å². The molecule has 3 rings (SSSR count). The summed E-state index contributed by atoms with van der Waals surface area (Å²) in [4.78, 5) is 35.2. The van der Waals surface area contributed by atoms with Crippen molar-refractivity contribution in [1.29, 1.82) is 0 Å². The Morgan fingerprint density at radius 1 is 1.28 bits per heavy atom. The minimum absolute atomic E-state index is 0.0571. The lowest BCUT2D eigenvalue weighted by Crippen LogP contribution is -2.45. The van der Waals surface area contributed by atoms with Crippen molar-refractivity contribution < 1.29 is 26.8 Å². The number of hydrogen-bond donors (Lipinski definition) is 0. The van der Waals surface area contributed by atoms with Crippen LogP contribution in [0.2, 0.25) is 18.1 Å². The van der Waals surface area contributed by atoms with E-state index in [2.05, 4.69) is 33.9 Å². The van der Waals surface area contributed by atoms with Crippen LogP contribution < -0.4 is 11.2 Å². The molecule has 0 spiro atoms. The summed E-state index contributed by atoms with van der Waals surface area (Å²) in [6.45, 7) is 10.4. The van der Waals surface area contributed by atoms with Gasteiger partial charge in [-0.1, -0.05) is 20.8 Å². The van der Waals surface area contributed by atoms with Gasteiger partial charge in [0.1, 0.15) is 12.2 Å². The molecule has 0 saturated carbocycles. The van der Waals surface area contributed by atoms with Gasteiger partial charge in [0, 0.05) is 16.9 Å². The van der Waals surface area contributed by atoms with Crippen LogP contribution in [-0.4, -0.2) is 51.7 Å². The molecule has 0 aromatic carbocycles. The average molecular weight is 450 g/mol. The Bertz CT molecular complexity index is 954. The maximum absolute atomic E-state index is 12.5. The Balaban J connectivity index is 1.90. The fourth-order valence-electron chi connectivity index (χ4n) is 2.82. The fourth-order valence-corrected chi connectivity index (χ4v) is 4.68. The second kappa shape index (κ2) is 7.52. The molecule has 2 fully saturated rings. The minimum Gasteiger partial charge on any atom is -0.414 e. The van der Waals surface area contributed by atoms with Gasteiger partial charge in [0.25, 0.3) is 0 Å². The minimum atomic E-state index is -2.13. The molecule has 2 aliphatic heterocycles. The van der Waals surface area contributed by atoms with E-state index in [4.69, 9.17) is 17.5 Å². The van der Waals surface area contributed by atoms with Crippen molar-refractivity contribution in [2.24, 2.45) is 0 Å². The Hall–Kier alpha value is -1.71. The van der Waals surface area contributed by atoms with Gasteiger partial charge in [-0.3, -0.25) is 17.7 Å². The highest BCUT2D eigenvalue weighted by molar-refractivity contribution is 7.75. The predicted octanol–water partition coefficient (Wildman–Crippen LogP) is 0.332. The van der Waals surface area contributed by atoms with Crippen LogP contribution in [0.5, 0.6) is 0 Å². The first kappa shape index (κ1) is 22.0. The Kier molecular flexibility index (Phi) is 5.70. The van der Waals surface area contributed by atoms with Gasteiger partial charge in [0.15, 0.2) is 25.7 Å². The van der Waals surface area contributed by atoms with E-state index in [0.717, 1.165) is 16.8 Å². The Labute approximate surface area is 169 Å². The molecule has 0 aliphatic carbocycles. The molecule has 3 heterocycles. The molecular weight excluding hydrogens is 426 g/mol. The maximum atomic E-state index is 12.5. The Morgan fingerprint density at radius 3 is 2.48 bits per heavy atom. The molecule has 0 N–H and O–H groups in total. The number of hydrogen-bond acceptors (Lipinski definition) is 9. The number of rotatable bonds is 5. The van der Waals surface area contributed by atoms with Gasteiger partial charge >= 0.3 is 22.6 Å². The fraction of sp³-hybridized carbons (Fsp3) is 0.733. The van der Waals surface area contributed by atoms with Gasteiger partial charge < -0.3 is 9.16 Å². The molecule has 5 atom stereocenters. The number of fused-ring (bicyclic) bond motifs is 1. The van der Waals surface area contributed by atoms with E-state index in [9.17, 15) is 23.9 Å². The normalized spacial score (nSPS) is 29.8. The van der Waals surface area contributed by atoms with Crippen molar-refractivity contribution in [3.8, 4) is 0 Å². The third-order valence-corrected chi connectivity index (χ3v) is 10.8. The number of aromatic nitrogens is 2. The number of ether oxygens (including phenoxy) is 1. The van der Waals surface area contributed by atoms with Gasteiger partial charge in [0.2, 0.25) is 0 Å². The largest absolute Gasteiger partial charge is 0.414 e. The molecule has 1 aromatic heterocycles. The quantitative estimate of drug-likeness (QED) is 0.353. The molecule has 0 radical (unpaired) electrons. The van der Waals surface area contributed by atoms with Gasteiger partial charge in [0.05, 0.1) is 6.61 Å². The topological polar surface area (TPSA) is 141 Å². The molecule has 14 heteroatoms. The van der Waals surface area contributed by atoms with Crippen molar-refractivity contribution in [2.45, 2.75) is 63.4 Å². The second-order valence-electron chi connectivity index (χ2n) is 8.36. The van der Waals surface area contributed by atoms with Gasteiger partial charge in [-0.15, -0.1) is 0 Å². The highest BCUT2D eigenvalue weighted by atomic mass is 32.2. The van der Waals surface area contributed by atoms with Gasteiger partial charge in [-0.25, -0.2) is 14.9 Å². The van der Waals surface area contributed by atoms with E-state index in [1.54, 1.807) is 0 Å². The lowest BCUT2D eigenvalue weighted by molar-refractivity contribution is -0.549. The predicted molar refractivity (Wildman–Crippen MR) is 102 cm³/mol. The third-order valence-electron chi connectivity index (χ3n) is 5.51. The van der Waals surface area contributed by atoms with E-state index in [1.165, 1.54) is 0 Å². The van der Waals surface area contributed by atoms with E-state index in [1.807, 2.05) is 0 Å². The van der Waals surface area contributed by atoms with Crippen molar-refractivity contribution in [2.75, 3.05) is 6.61 Å². The van der Waals surface area contributed by atoms with Crippen LogP contribution in [0.15, 0.2) is 21.9 Å². The van der Waals surface area contributed by atoms with Crippen LogP contribution in [0.1, 0.15) is 27.0 Å². The first-order valence-electron chi connectivity index (χ1n) is 8.88. The molecule has 0 amide bonds. The van der Waals surface area contributed by atoms with Gasteiger partial charge in [-0.2, -0.15) is 4.21 Å². The van der Waals surface area contributed by atoms with Crippen LogP contribution in [0.4, 0.5) is 0 Å². The first-order valence-corrected chi connectivity index (χ1v) is 12.8.